The lowest BCUT2D eigenvalue weighted by atomic mass is 9.96. The summed E-state index contributed by atoms with van der Waals surface area (Å²) in [4.78, 5) is 23.2. The Kier molecular flexibility index (Phi) is 7.94. The molecule has 0 bridgehead atoms. The van der Waals surface area contributed by atoms with Crippen molar-refractivity contribution in [2.24, 2.45) is 5.92 Å². The zero-order valence-corrected chi connectivity index (χ0v) is 21.2. The molecule has 0 aliphatic carbocycles. The molecule has 192 valence electrons. The van der Waals surface area contributed by atoms with Crippen LogP contribution >= 0.6 is 0 Å². The van der Waals surface area contributed by atoms with Crippen molar-refractivity contribution in [1.29, 1.82) is 0 Å². The minimum Gasteiger partial charge on any atom is -0.457 e. The third-order valence-corrected chi connectivity index (χ3v) is 6.70. The van der Waals surface area contributed by atoms with Crippen molar-refractivity contribution in [2.45, 2.75) is 12.8 Å². The number of benzene rings is 3. The van der Waals surface area contributed by atoms with Crippen LogP contribution in [0.2, 0.25) is 0 Å². The van der Waals surface area contributed by atoms with E-state index in [1.54, 1.807) is 6.08 Å². The van der Waals surface area contributed by atoms with E-state index < -0.39 is 0 Å². The van der Waals surface area contributed by atoms with Gasteiger partial charge < -0.3 is 20.7 Å². The smallest absolute Gasteiger partial charge is 0.246 e. The predicted molar refractivity (Wildman–Crippen MR) is 152 cm³/mol. The number of likely N-dealkylation sites (tertiary alicyclic amines) is 1. The van der Waals surface area contributed by atoms with Crippen molar-refractivity contribution in [1.82, 2.24) is 14.9 Å². The van der Waals surface area contributed by atoms with E-state index in [9.17, 15) is 4.79 Å². The largest absolute Gasteiger partial charge is 0.457 e. The van der Waals surface area contributed by atoms with Crippen molar-refractivity contribution in [3.8, 4) is 22.6 Å². The summed E-state index contributed by atoms with van der Waals surface area (Å²) in [5.74, 6) is 3.15. The zero-order valence-electron chi connectivity index (χ0n) is 21.2. The highest BCUT2D eigenvalue weighted by molar-refractivity contribution is 5.91. The first kappa shape index (κ1) is 25.0. The highest BCUT2D eigenvalue weighted by Crippen LogP contribution is 2.33. The fraction of sp³-hybridized carbons (Fsp3) is 0.194. The van der Waals surface area contributed by atoms with E-state index in [4.69, 9.17) is 10.5 Å². The number of carbonyl (C=O) groups is 1. The molecule has 38 heavy (non-hydrogen) atoms. The van der Waals surface area contributed by atoms with Crippen LogP contribution in [0.1, 0.15) is 18.4 Å². The summed E-state index contributed by atoms with van der Waals surface area (Å²) in [5.41, 5.74) is 8.99. The Bertz CT molecular complexity index is 1370. The van der Waals surface area contributed by atoms with Crippen LogP contribution in [0.4, 0.5) is 11.6 Å². The molecule has 1 aliphatic rings. The molecule has 5 rings (SSSR count). The molecule has 0 unspecified atom stereocenters. The van der Waals surface area contributed by atoms with Crippen molar-refractivity contribution >= 4 is 23.6 Å². The number of hydrogen-bond acceptors (Lipinski definition) is 6. The summed E-state index contributed by atoms with van der Waals surface area (Å²) >= 11 is 0. The molecule has 4 aromatic rings. The standard InChI is InChI=1S/C31H31N5O2/c32-30-29(25-12-14-27(15-13-25)38-26-9-5-2-6-10-26)31(35-22-34-30)33-21-24-17-19-36(20-18-24)28(37)16-11-23-7-3-1-4-8-23/h1-16,22,24H,17-21H2,(H3,32,33,34,35). The summed E-state index contributed by atoms with van der Waals surface area (Å²) in [6.07, 6.45) is 6.88. The summed E-state index contributed by atoms with van der Waals surface area (Å²) in [6, 6.07) is 27.3. The molecule has 3 aromatic carbocycles. The Morgan fingerprint density at radius 2 is 1.58 bits per heavy atom. The van der Waals surface area contributed by atoms with E-state index in [-0.39, 0.29) is 5.91 Å². The maximum Gasteiger partial charge on any atom is 0.246 e. The number of para-hydroxylation sites is 1. The highest BCUT2D eigenvalue weighted by atomic mass is 16.5. The summed E-state index contributed by atoms with van der Waals surface area (Å²) in [6.45, 7) is 2.23. The maximum absolute atomic E-state index is 12.6. The quantitative estimate of drug-likeness (QED) is 0.290. The number of nitrogen functional groups attached to an aromatic ring is 1. The summed E-state index contributed by atoms with van der Waals surface area (Å²) in [7, 11) is 0. The van der Waals surface area contributed by atoms with E-state index in [1.807, 2.05) is 95.9 Å². The van der Waals surface area contributed by atoms with Gasteiger partial charge in [-0.05, 0) is 60.2 Å². The minimum atomic E-state index is 0.0609. The van der Waals surface area contributed by atoms with Crippen LogP contribution in [0.3, 0.4) is 0 Å². The average Bonchev–Trinajstić information content (AvgIpc) is 2.97. The fourth-order valence-corrected chi connectivity index (χ4v) is 4.57. The van der Waals surface area contributed by atoms with Gasteiger partial charge in [-0.1, -0.05) is 60.7 Å². The number of hydrogen-bond donors (Lipinski definition) is 2. The number of anilines is 2. The molecule has 7 heteroatoms. The minimum absolute atomic E-state index is 0.0609. The highest BCUT2D eigenvalue weighted by Gasteiger charge is 2.22. The number of piperidine rings is 1. The Labute approximate surface area is 223 Å². The van der Waals surface area contributed by atoms with Crippen LogP contribution in [0, 0.1) is 5.92 Å². The van der Waals surface area contributed by atoms with E-state index >= 15 is 0 Å². The van der Waals surface area contributed by atoms with Gasteiger partial charge in [0.15, 0.2) is 0 Å². The third kappa shape index (κ3) is 6.37. The van der Waals surface area contributed by atoms with Gasteiger partial charge in [0.05, 0.1) is 5.56 Å². The number of nitrogens with zero attached hydrogens (tertiary/aromatic N) is 3. The molecule has 0 spiro atoms. The molecule has 1 amide bonds. The Hall–Kier alpha value is -4.65. The van der Waals surface area contributed by atoms with Gasteiger partial charge in [0, 0.05) is 25.7 Å². The molecule has 0 saturated carbocycles. The molecule has 0 atom stereocenters. The molecular formula is C31H31N5O2. The molecule has 7 nitrogen and oxygen atoms in total. The van der Waals surface area contributed by atoms with Crippen molar-refractivity contribution in [3.05, 3.63) is 103 Å². The monoisotopic (exact) mass is 505 g/mol. The lowest BCUT2D eigenvalue weighted by Gasteiger charge is -2.31. The van der Waals surface area contributed by atoms with E-state index in [0.29, 0.717) is 17.6 Å². The number of nitrogens with one attached hydrogen (secondary N) is 1. The molecule has 1 aromatic heterocycles. The van der Waals surface area contributed by atoms with Crippen molar-refractivity contribution in [3.63, 3.8) is 0 Å². The van der Waals surface area contributed by atoms with Gasteiger partial charge in [-0.25, -0.2) is 9.97 Å². The van der Waals surface area contributed by atoms with Gasteiger partial charge in [0.25, 0.3) is 0 Å². The first-order valence-electron chi connectivity index (χ1n) is 12.9. The van der Waals surface area contributed by atoms with Gasteiger partial charge in [-0.3, -0.25) is 4.79 Å². The first-order chi connectivity index (χ1) is 18.7. The van der Waals surface area contributed by atoms with E-state index in [2.05, 4.69) is 15.3 Å². The summed E-state index contributed by atoms with van der Waals surface area (Å²) < 4.78 is 5.91. The van der Waals surface area contributed by atoms with Crippen molar-refractivity contribution < 1.29 is 9.53 Å². The second-order valence-corrected chi connectivity index (χ2v) is 9.32. The average molecular weight is 506 g/mol. The first-order valence-corrected chi connectivity index (χ1v) is 12.9. The van der Waals surface area contributed by atoms with Gasteiger partial charge in [-0.15, -0.1) is 0 Å². The Morgan fingerprint density at radius 3 is 2.29 bits per heavy atom. The number of ether oxygens (including phenoxy) is 1. The number of aromatic nitrogens is 2. The van der Waals surface area contributed by atoms with Crippen LogP contribution in [-0.4, -0.2) is 40.4 Å². The number of nitrogens with two attached hydrogens (primary N) is 1. The van der Waals surface area contributed by atoms with Crippen LogP contribution in [0.15, 0.2) is 97.3 Å². The van der Waals surface area contributed by atoms with Gasteiger partial charge in [-0.2, -0.15) is 0 Å². The van der Waals surface area contributed by atoms with Crippen LogP contribution in [0.5, 0.6) is 11.5 Å². The Morgan fingerprint density at radius 1 is 0.921 bits per heavy atom. The topological polar surface area (TPSA) is 93.4 Å². The summed E-state index contributed by atoms with van der Waals surface area (Å²) in [5, 5.41) is 3.49. The molecule has 2 heterocycles. The Balaban J connectivity index is 1.17. The fourth-order valence-electron chi connectivity index (χ4n) is 4.57. The second-order valence-electron chi connectivity index (χ2n) is 9.32. The van der Waals surface area contributed by atoms with Crippen LogP contribution in [-0.2, 0) is 4.79 Å². The predicted octanol–water partition coefficient (Wildman–Crippen LogP) is 5.88. The van der Waals surface area contributed by atoms with E-state index in [1.165, 1.54) is 6.33 Å². The normalized spacial score (nSPS) is 13.9. The molecule has 1 aliphatic heterocycles. The van der Waals surface area contributed by atoms with Crippen molar-refractivity contribution in [2.75, 3.05) is 30.7 Å². The molecule has 1 saturated heterocycles. The van der Waals surface area contributed by atoms with E-state index in [0.717, 1.165) is 60.7 Å². The molecule has 1 fully saturated rings. The van der Waals surface area contributed by atoms with Crippen LogP contribution < -0.4 is 15.8 Å². The second kappa shape index (κ2) is 12.1. The molecule has 0 radical (unpaired) electrons. The molecule has 3 N–H and O–H groups in total. The lowest BCUT2D eigenvalue weighted by Crippen LogP contribution is -2.39. The third-order valence-electron chi connectivity index (χ3n) is 6.70. The molecular weight excluding hydrogens is 474 g/mol. The van der Waals surface area contributed by atoms with Gasteiger partial charge in [0.2, 0.25) is 5.91 Å². The maximum atomic E-state index is 12.6. The number of carbonyl (C=O) groups excluding carboxylic acids is 1. The van der Waals surface area contributed by atoms with Crippen LogP contribution in [0.25, 0.3) is 17.2 Å². The number of rotatable bonds is 8. The lowest BCUT2D eigenvalue weighted by molar-refractivity contribution is -0.127. The van der Waals surface area contributed by atoms with Gasteiger partial charge in [0.1, 0.15) is 29.5 Å². The SMILES string of the molecule is Nc1ncnc(NCC2CCN(C(=O)C=Cc3ccccc3)CC2)c1-c1ccc(Oc2ccccc2)cc1. The zero-order chi connectivity index (χ0) is 26.2. The number of amides is 1. The van der Waals surface area contributed by atoms with Gasteiger partial charge >= 0.3 is 0 Å².